The van der Waals surface area contributed by atoms with Gasteiger partial charge in [0.15, 0.2) is 5.13 Å². The van der Waals surface area contributed by atoms with Gasteiger partial charge in [-0.2, -0.15) is 0 Å². The SMILES string of the molecule is C=CC(c1ccc(Br)cc1F)S(=O)(=O)Nc1ncc(OC(=O)CCC)s1. The minimum Gasteiger partial charge on any atom is -0.414 e. The van der Waals surface area contributed by atoms with E-state index in [0.717, 1.165) is 17.4 Å². The molecule has 1 unspecified atom stereocenters. The van der Waals surface area contributed by atoms with Gasteiger partial charge in [-0.3, -0.25) is 9.52 Å². The second-order valence-corrected chi connectivity index (χ2v) is 8.89. The first-order valence-electron chi connectivity index (χ1n) is 7.52. The van der Waals surface area contributed by atoms with Crippen molar-refractivity contribution in [3.05, 3.63) is 52.9 Å². The predicted molar refractivity (Wildman–Crippen MR) is 102 cm³/mol. The van der Waals surface area contributed by atoms with E-state index in [-0.39, 0.29) is 22.2 Å². The number of sulfonamides is 1. The first-order valence-corrected chi connectivity index (χ1v) is 10.7. The lowest BCUT2D eigenvalue weighted by molar-refractivity contribution is -0.134. The van der Waals surface area contributed by atoms with Crippen LogP contribution in [0.25, 0.3) is 0 Å². The molecule has 0 amide bonds. The highest BCUT2D eigenvalue weighted by molar-refractivity contribution is 9.10. The molecule has 140 valence electrons. The van der Waals surface area contributed by atoms with Gasteiger partial charge in [0.05, 0.1) is 6.20 Å². The summed E-state index contributed by atoms with van der Waals surface area (Å²) >= 11 is 3.99. The van der Waals surface area contributed by atoms with Gasteiger partial charge in [0.2, 0.25) is 15.1 Å². The van der Waals surface area contributed by atoms with Crippen molar-refractivity contribution in [3.63, 3.8) is 0 Å². The molecule has 0 radical (unpaired) electrons. The number of thiazole rings is 1. The van der Waals surface area contributed by atoms with Gasteiger partial charge in [-0.1, -0.05) is 46.3 Å². The van der Waals surface area contributed by atoms with Crippen LogP contribution in [0.3, 0.4) is 0 Å². The van der Waals surface area contributed by atoms with Crippen LogP contribution in [0.15, 0.2) is 41.5 Å². The van der Waals surface area contributed by atoms with Crippen LogP contribution < -0.4 is 9.46 Å². The van der Waals surface area contributed by atoms with Crippen molar-refractivity contribution in [1.82, 2.24) is 4.98 Å². The number of nitrogens with zero attached hydrogens (tertiary/aromatic N) is 1. The lowest BCUT2D eigenvalue weighted by Gasteiger charge is -2.15. The summed E-state index contributed by atoms with van der Waals surface area (Å²) in [5, 5.41) is -1.13. The quantitative estimate of drug-likeness (QED) is 0.463. The van der Waals surface area contributed by atoms with E-state index in [4.69, 9.17) is 4.74 Å². The minimum atomic E-state index is -4.06. The molecule has 0 saturated heterocycles. The number of anilines is 1. The van der Waals surface area contributed by atoms with Crippen molar-refractivity contribution in [2.75, 3.05) is 4.72 Å². The van der Waals surface area contributed by atoms with E-state index in [9.17, 15) is 17.6 Å². The monoisotopic (exact) mass is 462 g/mol. The lowest BCUT2D eigenvalue weighted by Crippen LogP contribution is -2.20. The fraction of sp³-hybridized carbons (Fsp3) is 0.250. The van der Waals surface area contributed by atoms with E-state index in [2.05, 4.69) is 32.2 Å². The molecule has 0 fully saturated rings. The van der Waals surface area contributed by atoms with Crippen molar-refractivity contribution >= 4 is 48.4 Å². The van der Waals surface area contributed by atoms with Crippen molar-refractivity contribution in [1.29, 1.82) is 0 Å². The number of esters is 1. The molecule has 2 aromatic rings. The number of nitrogens with one attached hydrogen (secondary N) is 1. The molecule has 0 aliphatic carbocycles. The molecule has 10 heteroatoms. The van der Waals surface area contributed by atoms with Crippen LogP contribution in [0.4, 0.5) is 9.52 Å². The largest absolute Gasteiger partial charge is 0.414 e. The highest BCUT2D eigenvalue weighted by Gasteiger charge is 2.28. The molecule has 1 atom stereocenters. The third kappa shape index (κ3) is 5.12. The summed E-state index contributed by atoms with van der Waals surface area (Å²) in [5.74, 6) is -1.10. The van der Waals surface area contributed by atoms with Gasteiger partial charge in [-0.15, -0.1) is 6.58 Å². The Morgan fingerprint density at radius 3 is 2.88 bits per heavy atom. The summed E-state index contributed by atoms with van der Waals surface area (Å²) in [6.45, 7) is 5.33. The fourth-order valence-corrected chi connectivity index (χ4v) is 4.65. The molecule has 26 heavy (non-hydrogen) atoms. The van der Waals surface area contributed by atoms with Gasteiger partial charge >= 0.3 is 5.97 Å². The molecule has 0 bridgehead atoms. The van der Waals surface area contributed by atoms with Crippen molar-refractivity contribution in [2.45, 2.75) is 25.0 Å². The molecule has 0 spiro atoms. The summed E-state index contributed by atoms with van der Waals surface area (Å²) < 4.78 is 47.2. The molecule has 1 heterocycles. The van der Waals surface area contributed by atoms with Crippen LogP contribution >= 0.6 is 27.3 Å². The third-order valence-corrected chi connectivity index (χ3v) is 6.21. The molecular weight excluding hydrogens is 447 g/mol. The molecule has 0 aliphatic rings. The first kappa shape index (κ1) is 20.5. The standard InChI is InChI=1S/C16H16BrFN2O4S2/c1-3-5-14(21)24-15-9-19-16(25-15)20-26(22,23)13(4-2)11-7-6-10(17)8-12(11)18/h4,6-9,13H,2-3,5H2,1H3,(H,19,20). The van der Waals surface area contributed by atoms with Gasteiger partial charge in [0, 0.05) is 16.5 Å². The maximum Gasteiger partial charge on any atom is 0.312 e. The van der Waals surface area contributed by atoms with E-state index in [1.54, 1.807) is 6.07 Å². The van der Waals surface area contributed by atoms with Gasteiger partial charge < -0.3 is 4.74 Å². The molecular formula is C16H16BrFN2O4S2. The average molecular weight is 463 g/mol. The number of hydrogen-bond acceptors (Lipinski definition) is 6. The maximum absolute atomic E-state index is 14.1. The Morgan fingerprint density at radius 2 is 2.27 bits per heavy atom. The van der Waals surface area contributed by atoms with E-state index in [0.29, 0.717) is 10.9 Å². The van der Waals surface area contributed by atoms with Crippen molar-refractivity contribution < 1.29 is 22.3 Å². The normalized spacial score (nSPS) is 12.4. The van der Waals surface area contributed by atoms with E-state index < -0.39 is 27.1 Å². The van der Waals surface area contributed by atoms with Gasteiger partial charge in [-0.05, 0) is 18.6 Å². The fourth-order valence-electron chi connectivity index (χ4n) is 2.06. The Morgan fingerprint density at radius 1 is 1.54 bits per heavy atom. The van der Waals surface area contributed by atoms with Gasteiger partial charge in [0.25, 0.3) is 0 Å². The number of carbonyl (C=O) groups excluding carboxylic acids is 1. The zero-order valence-corrected chi connectivity index (χ0v) is 17.0. The molecule has 1 aromatic heterocycles. The van der Waals surface area contributed by atoms with E-state index in [1.165, 1.54) is 18.3 Å². The highest BCUT2D eigenvalue weighted by atomic mass is 79.9. The topological polar surface area (TPSA) is 85.4 Å². The van der Waals surface area contributed by atoms with Crippen molar-refractivity contribution in [2.24, 2.45) is 0 Å². The predicted octanol–water partition coefficient (Wildman–Crippen LogP) is 4.42. The summed E-state index contributed by atoms with van der Waals surface area (Å²) in [7, 11) is -4.06. The number of carbonyl (C=O) groups is 1. The zero-order valence-electron chi connectivity index (χ0n) is 13.7. The summed E-state index contributed by atoms with van der Waals surface area (Å²) in [6.07, 6.45) is 3.26. The summed E-state index contributed by atoms with van der Waals surface area (Å²) in [5.41, 5.74) is -0.0400. The first-order chi connectivity index (χ1) is 12.3. The van der Waals surface area contributed by atoms with E-state index in [1.807, 2.05) is 6.92 Å². The van der Waals surface area contributed by atoms with Crippen molar-refractivity contribution in [3.8, 4) is 5.06 Å². The van der Waals surface area contributed by atoms with Crippen LogP contribution in [-0.4, -0.2) is 19.4 Å². The number of ether oxygens (including phenoxy) is 1. The Bertz CT molecular complexity index is 915. The second-order valence-electron chi connectivity index (χ2n) is 5.18. The Balaban J connectivity index is 2.20. The zero-order chi connectivity index (χ0) is 19.3. The Labute approximate surface area is 163 Å². The van der Waals surface area contributed by atoms with Gasteiger partial charge in [-0.25, -0.2) is 17.8 Å². The maximum atomic E-state index is 14.1. The summed E-state index contributed by atoms with van der Waals surface area (Å²) in [4.78, 5) is 15.3. The number of halogens is 2. The Kier molecular flexibility index (Phi) is 6.90. The van der Waals surface area contributed by atoms with Crippen LogP contribution in [0, 0.1) is 5.82 Å². The molecule has 1 N–H and O–H groups in total. The van der Waals surface area contributed by atoms with Crippen LogP contribution in [0.2, 0.25) is 0 Å². The smallest absolute Gasteiger partial charge is 0.312 e. The number of rotatable bonds is 8. The number of aromatic nitrogens is 1. The van der Waals surface area contributed by atoms with Crippen LogP contribution in [-0.2, 0) is 14.8 Å². The molecule has 0 aliphatic heterocycles. The lowest BCUT2D eigenvalue weighted by atomic mass is 10.1. The summed E-state index contributed by atoms with van der Waals surface area (Å²) in [6, 6.07) is 4.08. The van der Waals surface area contributed by atoms with E-state index >= 15 is 0 Å². The van der Waals surface area contributed by atoms with Crippen LogP contribution in [0.1, 0.15) is 30.6 Å². The molecule has 1 aromatic carbocycles. The number of hydrogen-bond donors (Lipinski definition) is 1. The second kappa shape index (κ2) is 8.74. The number of benzene rings is 1. The minimum absolute atomic E-state index is 0.00803. The Hall–Kier alpha value is -1.78. The van der Waals surface area contributed by atoms with Gasteiger partial charge in [0.1, 0.15) is 11.1 Å². The molecule has 2 rings (SSSR count). The molecule has 0 saturated carbocycles. The van der Waals surface area contributed by atoms with Crippen LogP contribution in [0.5, 0.6) is 5.06 Å². The third-order valence-electron chi connectivity index (χ3n) is 3.20. The highest BCUT2D eigenvalue weighted by Crippen LogP contribution is 2.32. The molecule has 6 nitrogen and oxygen atoms in total. The average Bonchev–Trinajstić information content (AvgIpc) is 2.96.